The molecule has 2 rings (SSSR count). The quantitative estimate of drug-likeness (QED) is 0.482. The molecule has 1 fully saturated rings. The van der Waals surface area contributed by atoms with E-state index >= 15 is 0 Å². The molecule has 1 saturated carbocycles. The number of ether oxygens (including phenoxy) is 2. The molecule has 2 amide bonds. The van der Waals surface area contributed by atoms with Crippen molar-refractivity contribution in [2.45, 2.75) is 32.2 Å². The molecule has 0 heterocycles. The summed E-state index contributed by atoms with van der Waals surface area (Å²) >= 11 is 0. The van der Waals surface area contributed by atoms with Gasteiger partial charge in [0.1, 0.15) is 5.75 Å². The summed E-state index contributed by atoms with van der Waals surface area (Å²) in [6.45, 7) is 0.882. The Labute approximate surface area is 157 Å². The second-order valence-corrected chi connectivity index (χ2v) is 6.34. The van der Waals surface area contributed by atoms with Gasteiger partial charge in [0.2, 0.25) is 5.91 Å². The number of benzene rings is 1. The van der Waals surface area contributed by atoms with Gasteiger partial charge in [0, 0.05) is 25.1 Å². The number of esters is 1. The van der Waals surface area contributed by atoms with E-state index in [-0.39, 0.29) is 30.9 Å². The number of hydrogen-bond acceptors (Lipinski definition) is 6. The van der Waals surface area contributed by atoms with Crippen molar-refractivity contribution in [2.75, 3.05) is 26.8 Å². The molecule has 0 spiro atoms. The first-order chi connectivity index (χ1) is 12.9. The minimum atomic E-state index is -0.701. The highest BCUT2D eigenvalue weighted by Gasteiger charge is 2.24. The zero-order valence-electron chi connectivity index (χ0n) is 15.5. The molecule has 1 aliphatic rings. The topological polar surface area (TPSA) is 102 Å². The summed E-state index contributed by atoms with van der Waals surface area (Å²) in [6, 6.07) is 6.65. The molecule has 0 unspecified atom stereocenters. The molecule has 27 heavy (non-hydrogen) atoms. The van der Waals surface area contributed by atoms with Gasteiger partial charge in [-0.25, -0.2) is 4.79 Å². The van der Waals surface area contributed by atoms with E-state index in [9.17, 15) is 19.2 Å². The third-order valence-corrected chi connectivity index (χ3v) is 3.96. The number of carbonyl (C=O) groups is 4. The highest BCUT2D eigenvalue weighted by Crippen LogP contribution is 2.18. The van der Waals surface area contributed by atoms with Gasteiger partial charge in [-0.3, -0.25) is 14.4 Å². The van der Waals surface area contributed by atoms with Crippen LogP contribution in [-0.4, -0.2) is 61.3 Å². The molecule has 8 heteroatoms. The second-order valence-electron chi connectivity index (χ2n) is 6.34. The van der Waals surface area contributed by atoms with Crippen LogP contribution in [0.4, 0.5) is 0 Å². The van der Waals surface area contributed by atoms with Gasteiger partial charge in [-0.1, -0.05) is 6.92 Å². The Morgan fingerprint density at radius 1 is 1.11 bits per heavy atom. The molecule has 1 N–H and O–H groups in total. The van der Waals surface area contributed by atoms with Gasteiger partial charge in [0.05, 0.1) is 6.54 Å². The van der Waals surface area contributed by atoms with Gasteiger partial charge in [-0.2, -0.15) is 0 Å². The smallest absolute Gasteiger partial charge is 0.344 e. The van der Waals surface area contributed by atoms with Gasteiger partial charge in [-0.05, 0) is 37.1 Å². The highest BCUT2D eigenvalue weighted by atomic mass is 16.6. The fourth-order valence-corrected chi connectivity index (χ4v) is 2.18. The Bertz CT molecular complexity index is 697. The van der Waals surface area contributed by atoms with E-state index in [0.29, 0.717) is 17.7 Å². The lowest BCUT2D eigenvalue weighted by Gasteiger charge is -2.16. The fraction of sp³-hybridized carbons (Fsp3) is 0.474. The zero-order chi connectivity index (χ0) is 19.8. The molecule has 1 aromatic carbocycles. The van der Waals surface area contributed by atoms with Crippen LogP contribution in [0.15, 0.2) is 24.3 Å². The summed E-state index contributed by atoms with van der Waals surface area (Å²) in [5.74, 6) is -0.966. The lowest BCUT2D eigenvalue weighted by molar-refractivity contribution is -0.153. The predicted molar refractivity (Wildman–Crippen MR) is 96.3 cm³/mol. The van der Waals surface area contributed by atoms with Gasteiger partial charge in [0.15, 0.2) is 19.0 Å². The van der Waals surface area contributed by atoms with E-state index in [1.165, 1.54) is 11.9 Å². The lowest BCUT2D eigenvalue weighted by Crippen LogP contribution is -2.40. The number of Topliss-reactive ketones (excluding diaryl/α,β-unsaturated/α-hetero) is 1. The summed E-state index contributed by atoms with van der Waals surface area (Å²) in [5, 5.41) is 2.78. The maximum Gasteiger partial charge on any atom is 0.344 e. The van der Waals surface area contributed by atoms with Crippen LogP contribution in [0, 0.1) is 0 Å². The van der Waals surface area contributed by atoms with Crippen LogP contribution in [0.25, 0.3) is 0 Å². The summed E-state index contributed by atoms with van der Waals surface area (Å²) in [7, 11) is 1.47. The van der Waals surface area contributed by atoms with Crippen LogP contribution in [0.5, 0.6) is 5.75 Å². The number of nitrogens with zero attached hydrogens (tertiary/aromatic N) is 1. The molecule has 0 aromatic heterocycles. The average Bonchev–Trinajstić information content (AvgIpc) is 3.47. The second kappa shape index (κ2) is 9.70. The Morgan fingerprint density at radius 2 is 1.78 bits per heavy atom. The third kappa shape index (κ3) is 7.08. The molecular formula is C19H24N2O6. The number of likely N-dealkylation sites (N-methyl/N-ethyl adjacent to an activating group) is 1. The molecule has 8 nitrogen and oxygen atoms in total. The molecule has 0 atom stereocenters. The molecule has 0 saturated heterocycles. The number of amides is 2. The van der Waals surface area contributed by atoms with E-state index in [1.807, 2.05) is 0 Å². The first kappa shape index (κ1) is 20.4. The van der Waals surface area contributed by atoms with Gasteiger partial charge < -0.3 is 19.7 Å². The van der Waals surface area contributed by atoms with Crippen molar-refractivity contribution in [2.24, 2.45) is 0 Å². The minimum absolute atomic E-state index is 0.0226. The van der Waals surface area contributed by atoms with E-state index < -0.39 is 18.5 Å². The largest absolute Gasteiger partial charge is 0.482 e. The fourth-order valence-electron chi connectivity index (χ4n) is 2.18. The average molecular weight is 376 g/mol. The number of nitrogens with one attached hydrogen (secondary N) is 1. The summed E-state index contributed by atoms with van der Waals surface area (Å²) in [4.78, 5) is 48.0. The van der Waals surface area contributed by atoms with Crippen molar-refractivity contribution in [1.82, 2.24) is 10.2 Å². The zero-order valence-corrected chi connectivity index (χ0v) is 15.5. The lowest BCUT2D eigenvalue weighted by atomic mass is 10.1. The molecule has 146 valence electrons. The summed E-state index contributed by atoms with van der Waals surface area (Å²) in [5.41, 5.74) is 0.576. The SMILES string of the molecule is CCC(=O)c1ccc(OCC(=O)OCC(=O)N(C)CC(=O)NC2CC2)cc1. The first-order valence-electron chi connectivity index (χ1n) is 8.84. The van der Waals surface area contributed by atoms with Gasteiger partial charge in [0.25, 0.3) is 5.91 Å². The number of carbonyl (C=O) groups excluding carboxylic acids is 4. The third-order valence-electron chi connectivity index (χ3n) is 3.96. The minimum Gasteiger partial charge on any atom is -0.482 e. The van der Waals surface area contributed by atoms with E-state index in [0.717, 1.165) is 12.8 Å². The Balaban J connectivity index is 1.66. The van der Waals surface area contributed by atoms with Crippen molar-refractivity contribution in [3.05, 3.63) is 29.8 Å². The Kier molecular flexibility index (Phi) is 7.34. The van der Waals surface area contributed by atoms with Crippen LogP contribution in [0.1, 0.15) is 36.5 Å². The molecule has 1 aromatic rings. The highest BCUT2D eigenvalue weighted by molar-refractivity contribution is 5.95. The molecule has 0 aliphatic heterocycles. The van der Waals surface area contributed by atoms with E-state index in [4.69, 9.17) is 9.47 Å². The van der Waals surface area contributed by atoms with Crippen molar-refractivity contribution < 1.29 is 28.7 Å². The van der Waals surface area contributed by atoms with E-state index in [2.05, 4.69) is 5.32 Å². The van der Waals surface area contributed by atoms with Crippen molar-refractivity contribution in [3.63, 3.8) is 0 Å². The summed E-state index contributed by atoms with van der Waals surface area (Å²) < 4.78 is 10.1. The number of hydrogen-bond donors (Lipinski definition) is 1. The normalized spacial score (nSPS) is 12.8. The predicted octanol–water partition coefficient (Wildman–Crippen LogP) is 0.938. The Morgan fingerprint density at radius 3 is 2.37 bits per heavy atom. The van der Waals surface area contributed by atoms with Crippen LogP contribution < -0.4 is 10.1 Å². The van der Waals surface area contributed by atoms with Crippen molar-refractivity contribution in [1.29, 1.82) is 0 Å². The van der Waals surface area contributed by atoms with Gasteiger partial charge >= 0.3 is 5.97 Å². The first-order valence-corrected chi connectivity index (χ1v) is 8.84. The molecule has 1 aliphatic carbocycles. The van der Waals surface area contributed by atoms with Crippen LogP contribution in [-0.2, 0) is 19.1 Å². The molecule has 0 bridgehead atoms. The Hall–Kier alpha value is -2.90. The monoisotopic (exact) mass is 376 g/mol. The van der Waals surface area contributed by atoms with E-state index in [1.54, 1.807) is 31.2 Å². The van der Waals surface area contributed by atoms with Crippen LogP contribution in [0.2, 0.25) is 0 Å². The maximum absolute atomic E-state index is 11.9. The molecular weight excluding hydrogens is 352 g/mol. The summed E-state index contributed by atoms with van der Waals surface area (Å²) in [6.07, 6.45) is 2.36. The maximum atomic E-state index is 11.9. The number of rotatable bonds is 10. The molecule has 0 radical (unpaired) electrons. The standard InChI is InChI=1S/C19H24N2O6/c1-3-16(22)13-4-8-15(9-5-13)26-12-19(25)27-11-18(24)21(2)10-17(23)20-14-6-7-14/h4-5,8-9,14H,3,6-7,10-12H2,1-2H3,(H,20,23). The van der Waals surface area contributed by atoms with Crippen molar-refractivity contribution >= 4 is 23.6 Å². The van der Waals surface area contributed by atoms with Gasteiger partial charge in [-0.15, -0.1) is 0 Å². The van der Waals surface area contributed by atoms with Crippen LogP contribution >= 0.6 is 0 Å². The van der Waals surface area contributed by atoms with Crippen molar-refractivity contribution in [3.8, 4) is 5.75 Å². The van der Waals surface area contributed by atoms with Crippen LogP contribution in [0.3, 0.4) is 0 Å². The number of ketones is 1.